The number of aromatic amines is 1. The Morgan fingerprint density at radius 1 is 1.17 bits per heavy atom. The van der Waals surface area contributed by atoms with Crippen molar-refractivity contribution in [3.63, 3.8) is 0 Å². The van der Waals surface area contributed by atoms with Crippen LogP contribution in [0.4, 0.5) is 0 Å². The first-order chi connectivity index (χ1) is 14.3. The lowest BCUT2D eigenvalue weighted by Crippen LogP contribution is -2.33. The van der Waals surface area contributed by atoms with E-state index in [0.717, 1.165) is 55.8 Å². The maximum atomic E-state index is 5.73. The number of rotatable bonds is 6. The number of likely N-dealkylation sites (tertiary alicyclic amines) is 1. The zero-order chi connectivity index (χ0) is 19.6. The summed E-state index contributed by atoms with van der Waals surface area (Å²) in [6.45, 7) is 4.10. The molecule has 2 aliphatic rings. The molecule has 2 fully saturated rings. The van der Waals surface area contributed by atoms with Gasteiger partial charge >= 0.3 is 0 Å². The number of para-hydroxylation sites is 1. The van der Waals surface area contributed by atoms with Gasteiger partial charge in [-0.15, -0.1) is 10.2 Å². The number of aromatic nitrogens is 4. The fourth-order valence-corrected chi connectivity index (χ4v) is 5.54. The molecule has 29 heavy (non-hydrogen) atoms. The minimum Gasteiger partial charge on any atom is -0.377 e. The molecule has 7 heteroatoms. The Balaban J connectivity index is 1.16. The maximum Gasteiger partial charge on any atom is 0.191 e. The minimum atomic E-state index is 0.382. The molecule has 0 amide bonds. The molecule has 154 valence electrons. The van der Waals surface area contributed by atoms with Gasteiger partial charge in [0, 0.05) is 43.1 Å². The lowest BCUT2D eigenvalue weighted by Gasteiger charge is -2.31. The third-order valence-corrected chi connectivity index (χ3v) is 7.38. The first-order valence-electron chi connectivity index (χ1n) is 10.7. The van der Waals surface area contributed by atoms with E-state index in [0.29, 0.717) is 12.0 Å². The smallest absolute Gasteiger partial charge is 0.191 e. The summed E-state index contributed by atoms with van der Waals surface area (Å²) in [5, 5.41) is 11.3. The molecule has 1 unspecified atom stereocenters. The standard InChI is InChI=1S/C22H29N5OS/c1-26-21(24-25-22(26)29-15-19-6-4-12-28-19)16-8-10-27(11-9-16)14-18-13-17-5-2-3-7-20(17)23-18/h2-3,5,7,13,16,19,23H,4,6,8-12,14-15H2,1H3. The van der Waals surface area contributed by atoms with Gasteiger partial charge in [0.05, 0.1) is 6.10 Å². The van der Waals surface area contributed by atoms with Crippen molar-refractivity contribution in [1.29, 1.82) is 0 Å². The summed E-state index contributed by atoms with van der Waals surface area (Å²) >= 11 is 1.78. The Hall–Kier alpha value is -1.83. The normalized spacial score (nSPS) is 21.3. The van der Waals surface area contributed by atoms with Crippen LogP contribution in [0, 0.1) is 0 Å². The number of piperidine rings is 1. The van der Waals surface area contributed by atoms with Gasteiger partial charge in [0.1, 0.15) is 5.82 Å². The molecule has 1 aromatic carbocycles. The molecule has 5 rings (SSSR count). The van der Waals surface area contributed by atoms with Crippen molar-refractivity contribution in [3.8, 4) is 0 Å². The first kappa shape index (κ1) is 19.2. The number of benzene rings is 1. The topological polar surface area (TPSA) is 59.0 Å². The van der Waals surface area contributed by atoms with Crippen molar-refractivity contribution in [1.82, 2.24) is 24.6 Å². The van der Waals surface area contributed by atoms with Crippen LogP contribution in [-0.2, 0) is 18.3 Å². The molecule has 0 radical (unpaired) electrons. The van der Waals surface area contributed by atoms with E-state index in [1.54, 1.807) is 11.8 Å². The van der Waals surface area contributed by atoms with E-state index >= 15 is 0 Å². The van der Waals surface area contributed by atoms with Gasteiger partial charge in [-0.3, -0.25) is 4.90 Å². The van der Waals surface area contributed by atoms with Crippen LogP contribution in [0.15, 0.2) is 35.5 Å². The molecule has 0 spiro atoms. The predicted molar refractivity (Wildman–Crippen MR) is 116 cm³/mol. The molecule has 2 aromatic heterocycles. The van der Waals surface area contributed by atoms with E-state index in [1.165, 1.54) is 29.4 Å². The maximum absolute atomic E-state index is 5.73. The van der Waals surface area contributed by atoms with Crippen LogP contribution in [-0.4, -0.2) is 56.2 Å². The molecule has 3 aromatic rings. The van der Waals surface area contributed by atoms with Crippen molar-refractivity contribution >= 4 is 22.7 Å². The van der Waals surface area contributed by atoms with E-state index in [-0.39, 0.29) is 0 Å². The van der Waals surface area contributed by atoms with Crippen molar-refractivity contribution < 1.29 is 4.74 Å². The second-order valence-electron chi connectivity index (χ2n) is 8.28. The minimum absolute atomic E-state index is 0.382. The number of hydrogen-bond acceptors (Lipinski definition) is 5. The molecule has 4 heterocycles. The van der Waals surface area contributed by atoms with E-state index in [2.05, 4.69) is 62.0 Å². The lowest BCUT2D eigenvalue weighted by molar-refractivity contribution is 0.129. The molecule has 2 aliphatic heterocycles. The molecule has 6 nitrogen and oxygen atoms in total. The van der Waals surface area contributed by atoms with Crippen LogP contribution >= 0.6 is 11.8 Å². The zero-order valence-electron chi connectivity index (χ0n) is 17.0. The molecule has 0 saturated carbocycles. The van der Waals surface area contributed by atoms with Gasteiger partial charge in [-0.05, 0) is 56.3 Å². The van der Waals surface area contributed by atoms with E-state index in [4.69, 9.17) is 4.74 Å². The lowest BCUT2D eigenvalue weighted by atomic mass is 9.96. The highest BCUT2D eigenvalue weighted by Gasteiger charge is 2.26. The largest absolute Gasteiger partial charge is 0.377 e. The molecule has 0 aliphatic carbocycles. The number of fused-ring (bicyclic) bond motifs is 1. The molecule has 1 atom stereocenters. The highest BCUT2D eigenvalue weighted by molar-refractivity contribution is 7.99. The van der Waals surface area contributed by atoms with Crippen molar-refractivity contribution in [2.24, 2.45) is 7.05 Å². The van der Waals surface area contributed by atoms with Crippen molar-refractivity contribution in [2.75, 3.05) is 25.4 Å². The Bertz CT molecular complexity index is 920. The Morgan fingerprint density at radius 2 is 2.03 bits per heavy atom. The fraction of sp³-hybridized carbons (Fsp3) is 0.545. The number of nitrogens with one attached hydrogen (secondary N) is 1. The third kappa shape index (κ3) is 4.22. The molecule has 1 N–H and O–H groups in total. The molecular weight excluding hydrogens is 382 g/mol. The first-order valence-corrected chi connectivity index (χ1v) is 11.7. The Kier molecular flexibility index (Phi) is 5.61. The summed E-state index contributed by atoms with van der Waals surface area (Å²) in [5.74, 6) is 2.63. The summed E-state index contributed by atoms with van der Waals surface area (Å²) in [7, 11) is 2.12. The molecule has 2 saturated heterocycles. The summed E-state index contributed by atoms with van der Waals surface area (Å²) in [5.41, 5.74) is 2.53. The number of nitrogens with zero attached hydrogens (tertiary/aromatic N) is 4. The second-order valence-corrected chi connectivity index (χ2v) is 9.27. The van der Waals surface area contributed by atoms with Crippen LogP contribution in [0.2, 0.25) is 0 Å². The van der Waals surface area contributed by atoms with E-state index in [1.807, 2.05) is 0 Å². The molecule has 0 bridgehead atoms. The third-order valence-electron chi connectivity index (χ3n) is 6.22. The van der Waals surface area contributed by atoms with Gasteiger partial charge in [-0.2, -0.15) is 0 Å². The van der Waals surface area contributed by atoms with Gasteiger partial charge in [0.25, 0.3) is 0 Å². The Morgan fingerprint density at radius 3 is 2.83 bits per heavy atom. The van der Waals surface area contributed by atoms with Crippen molar-refractivity contribution in [3.05, 3.63) is 41.9 Å². The predicted octanol–water partition coefficient (Wildman–Crippen LogP) is 3.95. The number of ether oxygens (including phenoxy) is 1. The zero-order valence-corrected chi connectivity index (χ0v) is 17.8. The van der Waals surface area contributed by atoms with Crippen LogP contribution in [0.25, 0.3) is 10.9 Å². The summed E-state index contributed by atoms with van der Waals surface area (Å²) in [6.07, 6.45) is 5.03. The van der Waals surface area contributed by atoms with Crippen LogP contribution in [0.3, 0.4) is 0 Å². The number of thioether (sulfide) groups is 1. The quantitative estimate of drug-likeness (QED) is 0.623. The number of H-pyrrole nitrogens is 1. The fourth-order valence-electron chi connectivity index (χ4n) is 4.56. The highest BCUT2D eigenvalue weighted by Crippen LogP contribution is 2.30. The average molecular weight is 412 g/mol. The monoisotopic (exact) mass is 411 g/mol. The van der Waals surface area contributed by atoms with E-state index in [9.17, 15) is 0 Å². The van der Waals surface area contributed by atoms with Gasteiger partial charge in [-0.25, -0.2) is 0 Å². The second kappa shape index (κ2) is 8.50. The summed E-state index contributed by atoms with van der Waals surface area (Å²) in [4.78, 5) is 6.10. The van der Waals surface area contributed by atoms with Crippen LogP contribution in [0.1, 0.15) is 43.1 Å². The summed E-state index contributed by atoms with van der Waals surface area (Å²) < 4.78 is 7.94. The van der Waals surface area contributed by atoms with Crippen molar-refractivity contribution in [2.45, 2.75) is 49.4 Å². The number of hydrogen-bond donors (Lipinski definition) is 1. The Labute approximate surface area is 176 Å². The van der Waals surface area contributed by atoms with Gasteiger partial charge in [0.2, 0.25) is 0 Å². The van der Waals surface area contributed by atoms with Crippen LogP contribution in [0.5, 0.6) is 0 Å². The molecular formula is C22H29N5OS. The van der Waals surface area contributed by atoms with Gasteiger partial charge in [-0.1, -0.05) is 30.0 Å². The van der Waals surface area contributed by atoms with Gasteiger partial charge in [0.15, 0.2) is 5.16 Å². The summed E-state index contributed by atoms with van der Waals surface area (Å²) in [6, 6.07) is 10.8. The van der Waals surface area contributed by atoms with Crippen LogP contribution < -0.4 is 0 Å². The van der Waals surface area contributed by atoms with Gasteiger partial charge < -0.3 is 14.3 Å². The van der Waals surface area contributed by atoms with E-state index < -0.39 is 0 Å². The average Bonchev–Trinajstić information content (AvgIpc) is 3.47. The SMILES string of the molecule is Cn1c(SCC2CCCO2)nnc1C1CCN(Cc2cc3ccccc3[nH]2)CC1. The highest BCUT2D eigenvalue weighted by atomic mass is 32.2.